The molecular weight excluding hydrogens is 342 g/mol. The molecular formula is C19H20ClNO4. The molecule has 0 unspecified atom stereocenters. The van der Waals surface area contributed by atoms with Crippen LogP contribution in [0.1, 0.15) is 24.2 Å². The number of hydrogen-bond acceptors (Lipinski definition) is 4. The molecule has 0 spiro atoms. The van der Waals surface area contributed by atoms with Crippen LogP contribution in [0.15, 0.2) is 48.5 Å². The minimum absolute atomic E-state index is 0.178. The van der Waals surface area contributed by atoms with E-state index in [0.717, 1.165) is 5.69 Å². The van der Waals surface area contributed by atoms with Crippen molar-refractivity contribution in [2.24, 2.45) is 0 Å². The molecule has 0 aliphatic carbocycles. The monoisotopic (exact) mass is 361 g/mol. The van der Waals surface area contributed by atoms with Crippen molar-refractivity contribution in [3.05, 3.63) is 59.1 Å². The number of hydrogen-bond donors (Lipinski definition) is 0. The zero-order chi connectivity index (χ0) is 18.4. The molecule has 0 aliphatic heterocycles. The first-order valence-electron chi connectivity index (χ1n) is 7.88. The lowest BCUT2D eigenvalue weighted by molar-refractivity contribution is -0.126. The molecule has 1 atom stereocenters. The van der Waals surface area contributed by atoms with Crippen molar-refractivity contribution in [1.29, 1.82) is 0 Å². The first kappa shape index (κ1) is 18.8. The lowest BCUT2D eigenvalue weighted by Gasteiger charge is -2.24. The zero-order valence-electron chi connectivity index (χ0n) is 14.4. The fourth-order valence-electron chi connectivity index (χ4n) is 2.41. The number of para-hydroxylation sites is 1. The van der Waals surface area contributed by atoms with Gasteiger partial charge in [-0.05, 0) is 44.2 Å². The van der Waals surface area contributed by atoms with Crippen LogP contribution in [0.4, 0.5) is 5.69 Å². The lowest BCUT2D eigenvalue weighted by Crippen LogP contribution is -2.40. The van der Waals surface area contributed by atoms with Crippen LogP contribution >= 0.6 is 11.6 Å². The Hall–Kier alpha value is -2.53. The van der Waals surface area contributed by atoms with Crippen LogP contribution in [0.3, 0.4) is 0 Å². The number of amides is 1. The van der Waals surface area contributed by atoms with Crippen LogP contribution in [-0.4, -0.2) is 31.6 Å². The maximum Gasteiger partial charge on any atom is 0.342 e. The molecule has 0 saturated heterocycles. The highest BCUT2D eigenvalue weighted by Crippen LogP contribution is 2.24. The van der Waals surface area contributed by atoms with Gasteiger partial charge in [-0.15, -0.1) is 0 Å². The molecule has 1 amide bonds. The Morgan fingerprint density at radius 3 is 2.44 bits per heavy atom. The Kier molecular flexibility index (Phi) is 6.42. The van der Waals surface area contributed by atoms with Crippen LogP contribution in [0.2, 0.25) is 5.02 Å². The van der Waals surface area contributed by atoms with Crippen molar-refractivity contribution in [2.75, 3.05) is 18.6 Å². The first-order chi connectivity index (χ1) is 12.0. The summed E-state index contributed by atoms with van der Waals surface area (Å²) in [6.45, 7) is 3.87. The molecule has 0 fully saturated rings. The number of rotatable bonds is 6. The summed E-state index contributed by atoms with van der Waals surface area (Å²) >= 11 is 5.93. The minimum atomic E-state index is -0.948. The second-order valence-electron chi connectivity index (χ2n) is 5.31. The van der Waals surface area contributed by atoms with E-state index in [-0.39, 0.29) is 11.5 Å². The van der Waals surface area contributed by atoms with Gasteiger partial charge in [0.15, 0.2) is 6.10 Å². The van der Waals surface area contributed by atoms with E-state index in [1.807, 2.05) is 37.3 Å². The molecule has 6 heteroatoms. The smallest absolute Gasteiger partial charge is 0.342 e. The highest BCUT2D eigenvalue weighted by atomic mass is 35.5. The average Bonchev–Trinajstić information content (AvgIpc) is 2.63. The predicted molar refractivity (Wildman–Crippen MR) is 97.4 cm³/mol. The van der Waals surface area contributed by atoms with Gasteiger partial charge >= 0.3 is 5.97 Å². The van der Waals surface area contributed by atoms with Crippen molar-refractivity contribution in [1.82, 2.24) is 0 Å². The highest BCUT2D eigenvalue weighted by Gasteiger charge is 2.26. The zero-order valence-corrected chi connectivity index (χ0v) is 15.1. The number of halogens is 1. The Morgan fingerprint density at radius 2 is 1.84 bits per heavy atom. The van der Waals surface area contributed by atoms with E-state index in [2.05, 4.69) is 0 Å². The van der Waals surface area contributed by atoms with Crippen molar-refractivity contribution >= 4 is 29.2 Å². The molecule has 25 heavy (non-hydrogen) atoms. The van der Waals surface area contributed by atoms with Gasteiger partial charge in [0.2, 0.25) is 0 Å². The maximum absolute atomic E-state index is 12.7. The number of methoxy groups -OCH3 is 1. The number of benzene rings is 2. The van der Waals surface area contributed by atoms with Crippen molar-refractivity contribution < 1.29 is 19.1 Å². The number of likely N-dealkylation sites (N-methyl/N-ethyl adjacent to an activating group) is 1. The van der Waals surface area contributed by atoms with Crippen LogP contribution < -0.4 is 9.64 Å². The average molecular weight is 362 g/mol. The molecule has 5 nitrogen and oxygen atoms in total. The topological polar surface area (TPSA) is 55.8 Å². The van der Waals surface area contributed by atoms with Gasteiger partial charge < -0.3 is 14.4 Å². The quantitative estimate of drug-likeness (QED) is 0.731. The lowest BCUT2D eigenvalue weighted by atomic mass is 10.2. The van der Waals surface area contributed by atoms with Crippen LogP contribution in [0, 0.1) is 0 Å². The van der Waals surface area contributed by atoms with Gasteiger partial charge in [0.25, 0.3) is 5.91 Å². The fourth-order valence-corrected chi connectivity index (χ4v) is 2.58. The summed E-state index contributed by atoms with van der Waals surface area (Å²) in [5, 5.41) is 0.381. The third kappa shape index (κ3) is 4.51. The van der Waals surface area contributed by atoms with E-state index in [1.54, 1.807) is 24.0 Å². The van der Waals surface area contributed by atoms with E-state index < -0.39 is 12.1 Å². The van der Waals surface area contributed by atoms with Gasteiger partial charge in [-0.2, -0.15) is 0 Å². The summed E-state index contributed by atoms with van der Waals surface area (Å²) < 4.78 is 10.5. The standard InChI is InChI=1S/C19H20ClNO4/c1-4-21(15-8-6-5-7-9-15)18(22)13(2)25-19(23)16-12-14(20)10-11-17(16)24-3/h5-13H,4H2,1-3H3/t13-/m0/s1. The normalized spacial score (nSPS) is 11.5. The van der Waals surface area contributed by atoms with E-state index in [1.165, 1.54) is 13.2 Å². The second-order valence-corrected chi connectivity index (χ2v) is 5.75. The molecule has 0 bridgehead atoms. The van der Waals surface area contributed by atoms with Crippen molar-refractivity contribution in [3.8, 4) is 5.75 Å². The Bertz CT molecular complexity index is 748. The van der Waals surface area contributed by atoms with Gasteiger partial charge in [0.1, 0.15) is 11.3 Å². The first-order valence-corrected chi connectivity index (χ1v) is 8.26. The summed E-state index contributed by atoms with van der Waals surface area (Å²) in [6, 6.07) is 13.9. The van der Waals surface area contributed by atoms with E-state index >= 15 is 0 Å². The molecule has 2 rings (SSSR count). The van der Waals surface area contributed by atoms with Crippen LogP contribution in [0.25, 0.3) is 0 Å². The van der Waals surface area contributed by atoms with Crippen molar-refractivity contribution in [3.63, 3.8) is 0 Å². The summed E-state index contributed by atoms with van der Waals surface area (Å²) in [7, 11) is 1.45. The van der Waals surface area contributed by atoms with Crippen LogP contribution in [-0.2, 0) is 9.53 Å². The Morgan fingerprint density at radius 1 is 1.16 bits per heavy atom. The van der Waals surface area contributed by atoms with Crippen LogP contribution in [0.5, 0.6) is 5.75 Å². The molecule has 2 aromatic rings. The number of esters is 1. The van der Waals surface area contributed by atoms with E-state index in [0.29, 0.717) is 17.3 Å². The Balaban J connectivity index is 2.15. The fraction of sp³-hybridized carbons (Fsp3) is 0.263. The molecule has 0 N–H and O–H groups in total. The minimum Gasteiger partial charge on any atom is -0.496 e. The molecule has 0 radical (unpaired) electrons. The summed E-state index contributed by atoms with van der Waals surface area (Å²) in [5.74, 6) is -0.628. The largest absolute Gasteiger partial charge is 0.496 e. The third-order valence-electron chi connectivity index (χ3n) is 3.66. The van der Waals surface area contributed by atoms with Gasteiger partial charge in [0, 0.05) is 17.3 Å². The summed E-state index contributed by atoms with van der Waals surface area (Å²) in [4.78, 5) is 26.6. The molecule has 0 saturated carbocycles. The highest BCUT2D eigenvalue weighted by molar-refractivity contribution is 6.31. The number of nitrogens with zero attached hydrogens (tertiary/aromatic N) is 1. The molecule has 0 heterocycles. The van der Waals surface area contributed by atoms with E-state index in [4.69, 9.17) is 21.1 Å². The predicted octanol–water partition coefficient (Wildman–Crippen LogP) is 3.95. The molecule has 0 aliphatic rings. The number of anilines is 1. The van der Waals surface area contributed by atoms with Gasteiger partial charge in [-0.3, -0.25) is 4.79 Å². The Labute approximate surface area is 152 Å². The second kappa shape index (κ2) is 8.53. The van der Waals surface area contributed by atoms with Gasteiger partial charge in [-0.1, -0.05) is 29.8 Å². The van der Waals surface area contributed by atoms with Crippen molar-refractivity contribution in [2.45, 2.75) is 20.0 Å². The number of carbonyl (C=O) groups is 2. The SMILES string of the molecule is CCN(C(=O)[C@H](C)OC(=O)c1cc(Cl)ccc1OC)c1ccccc1. The summed E-state index contributed by atoms with van der Waals surface area (Å²) in [5.41, 5.74) is 0.927. The van der Waals surface area contributed by atoms with Gasteiger partial charge in [-0.25, -0.2) is 4.79 Å². The van der Waals surface area contributed by atoms with Gasteiger partial charge in [0.05, 0.1) is 7.11 Å². The third-order valence-corrected chi connectivity index (χ3v) is 3.90. The number of carbonyl (C=O) groups excluding carboxylic acids is 2. The number of ether oxygens (including phenoxy) is 2. The van der Waals surface area contributed by atoms with E-state index in [9.17, 15) is 9.59 Å². The summed E-state index contributed by atoms with van der Waals surface area (Å²) in [6.07, 6.45) is -0.948. The molecule has 132 valence electrons. The molecule has 0 aromatic heterocycles. The maximum atomic E-state index is 12.7. The molecule has 2 aromatic carbocycles.